The summed E-state index contributed by atoms with van der Waals surface area (Å²) in [7, 11) is 3.09. The van der Waals surface area contributed by atoms with E-state index in [2.05, 4.69) is 10.3 Å². The van der Waals surface area contributed by atoms with Crippen LogP contribution in [0.5, 0.6) is 11.5 Å². The number of fused-ring (bicyclic) bond motifs is 1. The van der Waals surface area contributed by atoms with E-state index in [9.17, 15) is 9.59 Å². The van der Waals surface area contributed by atoms with Gasteiger partial charge in [-0.2, -0.15) is 0 Å². The molecule has 1 N–H and O–H groups in total. The van der Waals surface area contributed by atoms with Gasteiger partial charge in [-0.3, -0.25) is 14.2 Å². The highest BCUT2D eigenvalue weighted by atomic mass is 32.2. The molecule has 0 fully saturated rings. The third-order valence-electron chi connectivity index (χ3n) is 4.11. The minimum Gasteiger partial charge on any atom is -0.497 e. The van der Waals surface area contributed by atoms with Crippen molar-refractivity contribution in [2.75, 3.05) is 25.3 Å². The van der Waals surface area contributed by atoms with Crippen molar-refractivity contribution in [1.82, 2.24) is 9.55 Å². The summed E-state index contributed by atoms with van der Waals surface area (Å²) in [6.45, 7) is 2.36. The van der Waals surface area contributed by atoms with E-state index in [4.69, 9.17) is 9.47 Å². The number of amides is 1. The third kappa shape index (κ3) is 4.28. The minimum atomic E-state index is -0.217. The third-order valence-corrected chi connectivity index (χ3v) is 5.09. The summed E-state index contributed by atoms with van der Waals surface area (Å²) in [5.74, 6) is 1.06. The van der Waals surface area contributed by atoms with Crippen molar-refractivity contribution in [2.24, 2.45) is 0 Å². The predicted molar refractivity (Wildman–Crippen MR) is 111 cm³/mol. The number of carbonyl (C=O) groups excluding carboxylic acids is 1. The second-order valence-corrected chi connectivity index (χ2v) is 6.84. The number of benzene rings is 2. The van der Waals surface area contributed by atoms with E-state index in [1.54, 1.807) is 49.1 Å². The van der Waals surface area contributed by atoms with Crippen LogP contribution in [0.25, 0.3) is 10.9 Å². The molecular weight excluding hydrogens is 378 g/mol. The van der Waals surface area contributed by atoms with E-state index in [0.29, 0.717) is 39.8 Å². The van der Waals surface area contributed by atoms with Crippen LogP contribution in [0.2, 0.25) is 0 Å². The number of carbonyl (C=O) groups is 1. The molecule has 0 radical (unpaired) electrons. The van der Waals surface area contributed by atoms with E-state index in [-0.39, 0.29) is 17.2 Å². The van der Waals surface area contributed by atoms with Crippen molar-refractivity contribution in [2.45, 2.75) is 18.6 Å². The second kappa shape index (κ2) is 8.79. The molecule has 0 saturated heterocycles. The Labute approximate surface area is 166 Å². The van der Waals surface area contributed by atoms with Crippen molar-refractivity contribution in [3.05, 3.63) is 52.8 Å². The van der Waals surface area contributed by atoms with Crippen molar-refractivity contribution in [3.8, 4) is 11.5 Å². The summed E-state index contributed by atoms with van der Waals surface area (Å²) >= 11 is 1.23. The van der Waals surface area contributed by atoms with Crippen LogP contribution in [0, 0.1) is 0 Å². The molecule has 0 aliphatic carbocycles. The molecule has 0 atom stereocenters. The fraction of sp³-hybridized carbons (Fsp3) is 0.250. The summed E-state index contributed by atoms with van der Waals surface area (Å²) in [5.41, 5.74) is 1.09. The molecule has 3 aromatic rings. The fourth-order valence-corrected chi connectivity index (χ4v) is 3.61. The summed E-state index contributed by atoms with van der Waals surface area (Å²) < 4.78 is 12.0. The van der Waals surface area contributed by atoms with E-state index in [1.807, 2.05) is 19.1 Å². The Morgan fingerprint density at radius 1 is 1.14 bits per heavy atom. The molecular formula is C20H21N3O4S. The number of ether oxygens (including phenoxy) is 2. The van der Waals surface area contributed by atoms with Crippen LogP contribution in [0.1, 0.15) is 6.92 Å². The number of nitrogens with one attached hydrogen (secondary N) is 1. The average Bonchev–Trinajstić information content (AvgIpc) is 2.72. The molecule has 0 aliphatic heterocycles. The number of nitrogens with zero attached hydrogens (tertiary/aromatic N) is 2. The smallest absolute Gasteiger partial charge is 0.262 e. The maximum absolute atomic E-state index is 12.6. The first-order chi connectivity index (χ1) is 13.5. The zero-order chi connectivity index (χ0) is 20.1. The maximum Gasteiger partial charge on any atom is 0.262 e. The molecule has 1 heterocycles. The van der Waals surface area contributed by atoms with Crippen LogP contribution in [0.4, 0.5) is 5.69 Å². The van der Waals surface area contributed by atoms with Gasteiger partial charge in [-0.25, -0.2) is 4.98 Å². The number of aromatic nitrogens is 2. The van der Waals surface area contributed by atoms with Gasteiger partial charge < -0.3 is 14.8 Å². The lowest BCUT2D eigenvalue weighted by Gasteiger charge is -2.12. The molecule has 146 valence electrons. The molecule has 7 nitrogen and oxygen atoms in total. The lowest BCUT2D eigenvalue weighted by atomic mass is 10.2. The lowest BCUT2D eigenvalue weighted by molar-refractivity contribution is -0.113. The van der Waals surface area contributed by atoms with Crippen LogP contribution in [-0.4, -0.2) is 35.4 Å². The van der Waals surface area contributed by atoms with Gasteiger partial charge in [0.2, 0.25) is 5.91 Å². The topological polar surface area (TPSA) is 82.5 Å². The molecule has 28 heavy (non-hydrogen) atoms. The molecule has 2 aromatic carbocycles. The van der Waals surface area contributed by atoms with E-state index in [1.165, 1.54) is 11.8 Å². The highest BCUT2D eigenvalue weighted by Crippen LogP contribution is 2.26. The maximum atomic E-state index is 12.6. The first-order valence-electron chi connectivity index (χ1n) is 8.71. The van der Waals surface area contributed by atoms with E-state index >= 15 is 0 Å². The van der Waals surface area contributed by atoms with Gasteiger partial charge in [-0.05, 0) is 19.1 Å². The van der Waals surface area contributed by atoms with Crippen molar-refractivity contribution < 1.29 is 14.3 Å². The van der Waals surface area contributed by atoms with Crippen LogP contribution >= 0.6 is 11.8 Å². The minimum absolute atomic E-state index is 0.103. The van der Waals surface area contributed by atoms with Crippen LogP contribution in [0.3, 0.4) is 0 Å². The molecule has 0 spiro atoms. The Morgan fingerprint density at radius 3 is 2.46 bits per heavy atom. The van der Waals surface area contributed by atoms with E-state index in [0.717, 1.165) is 0 Å². The van der Waals surface area contributed by atoms with Crippen LogP contribution in [-0.2, 0) is 11.3 Å². The van der Waals surface area contributed by atoms with Gasteiger partial charge in [0.15, 0.2) is 5.16 Å². The SMILES string of the molecule is CCn1c(SCC(=O)Nc2cc(OC)cc(OC)c2)nc2ccccc2c1=O. The Hall–Kier alpha value is -3.00. The second-order valence-electron chi connectivity index (χ2n) is 5.90. The zero-order valence-electron chi connectivity index (χ0n) is 15.9. The number of rotatable bonds is 7. The van der Waals surface area contributed by atoms with Crippen LogP contribution < -0.4 is 20.3 Å². The normalized spacial score (nSPS) is 10.7. The molecule has 8 heteroatoms. The van der Waals surface area contributed by atoms with Crippen molar-refractivity contribution in [1.29, 1.82) is 0 Å². The van der Waals surface area contributed by atoms with Gasteiger partial charge in [-0.1, -0.05) is 23.9 Å². The Bertz CT molecular complexity index is 1040. The summed E-state index contributed by atoms with van der Waals surface area (Å²) in [4.78, 5) is 29.6. The Balaban J connectivity index is 1.77. The van der Waals surface area contributed by atoms with E-state index < -0.39 is 0 Å². The molecule has 1 aromatic heterocycles. The monoisotopic (exact) mass is 399 g/mol. The van der Waals surface area contributed by atoms with Gasteiger partial charge >= 0.3 is 0 Å². The number of anilines is 1. The number of thioether (sulfide) groups is 1. The molecule has 0 aliphatic rings. The molecule has 0 bridgehead atoms. The van der Waals surface area contributed by atoms with Gasteiger partial charge in [0.1, 0.15) is 11.5 Å². The zero-order valence-corrected chi connectivity index (χ0v) is 16.7. The number of para-hydroxylation sites is 1. The average molecular weight is 399 g/mol. The highest BCUT2D eigenvalue weighted by Gasteiger charge is 2.13. The fourth-order valence-electron chi connectivity index (χ4n) is 2.74. The number of hydrogen-bond acceptors (Lipinski definition) is 6. The first kappa shape index (κ1) is 19.8. The largest absolute Gasteiger partial charge is 0.497 e. The Kier molecular flexibility index (Phi) is 6.20. The van der Waals surface area contributed by atoms with Crippen LogP contribution in [0.15, 0.2) is 52.4 Å². The molecule has 1 amide bonds. The standard InChI is InChI=1S/C20H21N3O4S/c1-4-23-19(25)16-7-5-6-8-17(16)22-20(23)28-12-18(24)21-13-9-14(26-2)11-15(10-13)27-3/h5-11H,4,12H2,1-3H3,(H,21,24). The summed E-state index contributed by atoms with van der Waals surface area (Å²) in [6, 6.07) is 12.3. The molecule has 0 saturated carbocycles. The first-order valence-corrected chi connectivity index (χ1v) is 9.69. The van der Waals surface area contributed by atoms with Gasteiger partial charge in [0, 0.05) is 30.4 Å². The summed E-state index contributed by atoms with van der Waals surface area (Å²) in [5, 5.41) is 3.91. The summed E-state index contributed by atoms with van der Waals surface area (Å²) in [6.07, 6.45) is 0. The van der Waals surface area contributed by atoms with Gasteiger partial charge in [0.25, 0.3) is 5.56 Å². The van der Waals surface area contributed by atoms with Gasteiger partial charge in [0.05, 0.1) is 30.9 Å². The molecule has 3 rings (SSSR count). The molecule has 0 unspecified atom stereocenters. The predicted octanol–water partition coefficient (Wildman–Crippen LogP) is 3.16. The Morgan fingerprint density at radius 2 is 1.82 bits per heavy atom. The van der Waals surface area contributed by atoms with Crippen molar-refractivity contribution >= 4 is 34.3 Å². The lowest BCUT2D eigenvalue weighted by Crippen LogP contribution is -2.23. The number of methoxy groups -OCH3 is 2. The van der Waals surface area contributed by atoms with Crippen molar-refractivity contribution in [3.63, 3.8) is 0 Å². The highest BCUT2D eigenvalue weighted by molar-refractivity contribution is 7.99. The number of hydrogen-bond donors (Lipinski definition) is 1. The van der Waals surface area contributed by atoms with Gasteiger partial charge in [-0.15, -0.1) is 0 Å². The quantitative estimate of drug-likeness (QED) is 0.485.